The van der Waals surface area contributed by atoms with Crippen LogP contribution in [0.5, 0.6) is 0 Å². The number of carbonyl (C=O) groups is 2. The monoisotopic (exact) mass is 353 g/mol. The molecule has 0 atom stereocenters. The van der Waals surface area contributed by atoms with Gasteiger partial charge in [-0.2, -0.15) is 0 Å². The quantitative estimate of drug-likeness (QED) is 0.736. The normalized spacial score (nSPS) is 10.3. The van der Waals surface area contributed by atoms with Crippen LogP contribution in [0.25, 0.3) is 0 Å². The van der Waals surface area contributed by atoms with Crippen molar-refractivity contribution < 1.29 is 9.59 Å². The molecule has 0 aliphatic heterocycles. The van der Waals surface area contributed by atoms with E-state index < -0.39 is 0 Å². The summed E-state index contributed by atoms with van der Waals surface area (Å²) in [5.41, 5.74) is 1.75. The lowest BCUT2D eigenvalue weighted by Gasteiger charge is -2.16. The van der Waals surface area contributed by atoms with Gasteiger partial charge in [0.05, 0.1) is 13.1 Å². The first-order chi connectivity index (χ1) is 9.92. The summed E-state index contributed by atoms with van der Waals surface area (Å²) >= 11 is 3.38. The van der Waals surface area contributed by atoms with Crippen molar-refractivity contribution in [3.8, 4) is 0 Å². The second kappa shape index (κ2) is 8.59. The van der Waals surface area contributed by atoms with Crippen LogP contribution >= 0.6 is 15.9 Å². The molecule has 21 heavy (non-hydrogen) atoms. The molecule has 0 aliphatic rings. The van der Waals surface area contributed by atoms with E-state index in [1.54, 1.807) is 18.0 Å². The van der Waals surface area contributed by atoms with Gasteiger partial charge in [0, 0.05) is 16.7 Å². The maximum Gasteiger partial charge on any atom is 0.238 e. The minimum atomic E-state index is -0.153. The molecule has 0 spiro atoms. The predicted molar refractivity (Wildman–Crippen MR) is 88.2 cm³/mol. The summed E-state index contributed by atoms with van der Waals surface area (Å²) in [5.74, 6) is -0.288. The Kier molecular flexibility index (Phi) is 7.11. The summed E-state index contributed by atoms with van der Waals surface area (Å²) in [7, 11) is 1.72. The van der Waals surface area contributed by atoms with Gasteiger partial charge in [-0.15, -0.1) is 6.58 Å². The molecular weight excluding hydrogens is 334 g/mol. The van der Waals surface area contributed by atoms with E-state index in [1.165, 1.54) is 0 Å². The molecule has 114 valence electrons. The van der Waals surface area contributed by atoms with Crippen molar-refractivity contribution in [3.05, 3.63) is 40.9 Å². The van der Waals surface area contributed by atoms with Crippen LogP contribution in [0.1, 0.15) is 5.56 Å². The van der Waals surface area contributed by atoms with Crippen molar-refractivity contribution in [2.45, 2.75) is 6.92 Å². The Hall–Kier alpha value is -1.66. The van der Waals surface area contributed by atoms with Crippen LogP contribution in [0.4, 0.5) is 5.69 Å². The van der Waals surface area contributed by atoms with E-state index in [-0.39, 0.29) is 24.9 Å². The largest absolute Gasteiger partial charge is 0.352 e. The van der Waals surface area contributed by atoms with Gasteiger partial charge in [0.2, 0.25) is 11.8 Å². The number of nitrogens with one attached hydrogen (secondary N) is 2. The van der Waals surface area contributed by atoms with Crippen LogP contribution in [0.2, 0.25) is 0 Å². The van der Waals surface area contributed by atoms with Gasteiger partial charge in [0.1, 0.15) is 0 Å². The number of nitrogens with zero attached hydrogens (tertiary/aromatic N) is 1. The number of benzene rings is 1. The van der Waals surface area contributed by atoms with Crippen LogP contribution in [0.3, 0.4) is 0 Å². The fourth-order valence-corrected chi connectivity index (χ4v) is 2.22. The van der Waals surface area contributed by atoms with Crippen molar-refractivity contribution in [2.24, 2.45) is 0 Å². The van der Waals surface area contributed by atoms with Crippen molar-refractivity contribution >= 4 is 33.4 Å². The number of rotatable bonds is 7. The average Bonchev–Trinajstić information content (AvgIpc) is 2.39. The van der Waals surface area contributed by atoms with Crippen LogP contribution in [-0.2, 0) is 9.59 Å². The molecule has 5 nitrogen and oxygen atoms in total. The van der Waals surface area contributed by atoms with Gasteiger partial charge in [-0.05, 0) is 37.7 Å². The van der Waals surface area contributed by atoms with Crippen LogP contribution in [0, 0.1) is 6.92 Å². The molecule has 0 bridgehead atoms. The molecule has 0 unspecified atom stereocenters. The highest BCUT2D eigenvalue weighted by Gasteiger charge is 2.11. The summed E-state index contributed by atoms with van der Waals surface area (Å²) in [4.78, 5) is 25.1. The number of aryl methyl sites for hydroxylation is 1. The minimum absolute atomic E-state index is 0.134. The van der Waals surface area contributed by atoms with E-state index in [1.807, 2.05) is 25.1 Å². The molecule has 0 aromatic heterocycles. The summed E-state index contributed by atoms with van der Waals surface area (Å²) in [6, 6.07) is 5.64. The highest BCUT2D eigenvalue weighted by molar-refractivity contribution is 9.10. The summed E-state index contributed by atoms with van der Waals surface area (Å²) in [6.07, 6.45) is 1.61. The van der Waals surface area contributed by atoms with Crippen LogP contribution in [0.15, 0.2) is 35.3 Å². The highest BCUT2D eigenvalue weighted by atomic mass is 79.9. The third kappa shape index (κ3) is 6.55. The number of amides is 2. The van der Waals surface area contributed by atoms with E-state index in [4.69, 9.17) is 0 Å². The molecule has 6 heteroatoms. The molecule has 1 aromatic carbocycles. The Labute approximate surface area is 133 Å². The maximum atomic E-state index is 11.9. The zero-order valence-corrected chi connectivity index (χ0v) is 13.9. The third-order valence-corrected chi connectivity index (χ3v) is 3.23. The lowest BCUT2D eigenvalue weighted by molar-refractivity contribution is -0.122. The molecular formula is C15H20BrN3O2. The first kappa shape index (κ1) is 17.4. The Morgan fingerprint density at radius 1 is 1.33 bits per heavy atom. The van der Waals surface area contributed by atoms with Crippen molar-refractivity contribution in [1.29, 1.82) is 0 Å². The average molecular weight is 354 g/mol. The zero-order chi connectivity index (χ0) is 15.8. The number of halogens is 1. The lowest BCUT2D eigenvalue weighted by atomic mass is 10.2. The summed E-state index contributed by atoms with van der Waals surface area (Å²) < 4.78 is 0.967. The van der Waals surface area contributed by atoms with Crippen molar-refractivity contribution in [1.82, 2.24) is 10.2 Å². The second-order valence-electron chi connectivity index (χ2n) is 4.77. The molecule has 1 rings (SSSR count). The molecule has 2 N–H and O–H groups in total. The van der Waals surface area contributed by atoms with Gasteiger partial charge in [0.25, 0.3) is 0 Å². The van der Waals surface area contributed by atoms with E-state index in [0.29, 0.717) is 6.54 Å². The lowest BCUT2D eigenvalue weighted by Crippen LogP contribution is -2.39. The van der Waals surface area contributed by atoms with E-state index in [0.717, 1.165) is 15.7 Å². The zero-order valence-electron chi connectivity index (χ0n) is 12.3. The Bertz CT molecular complexity index is 532. The first-order valence-corrected chi connectivity index (χ1v) is 7.34. The first-order valence-electron chi connectivity index (χ1n) is 6.54. The van der Waals surface area contributed by atoms with Crippen molar-refractivity contribution in [2.75, 3.05) is 32.0 Å². The van der Waals surface area contributed by atoms with Gasteiger partial charge in [0.15, 0.2) is 0 Å². The third-order valence-electron chi connectivity index (χ3n) is 2.73. The predicted octanol–water partition coefficient (Wildman–Crippen LogP) is 1.93. The van der Waals surface area contributed by atoms with Crippen molar-refractivity contribution in [3.63, 3.8) is 0 Å². The molecule has 0 fully saturated rings. The topological polar surface area (TPSA) is 61.4 Å². The second-order valence-corrected chi connectivity index (χ2v) is 5.69. The number of anilines is 1. The van der Waals surface area contributed by atoms with Gasteiger partial charge >= 0.3 is 0 Å². The Balaban J connectivity index is 2.45. The van der Waals surface area contributed by atoms with Crippen LogP contribution in [-0.4, -0.2) is 43.4 Å². The molecule has 0 saturated heterocycles. The number of carbonyl (C=O) groups excluding carboxylic acids is 2. The molecule has 0 radical (unpaired) electrons. The Morgan fingerprint density at radius 3 is 2.62 bits per heavy atom. The maximum absolute atomic E-state index is 11.9. The fraction of sp³-hybridized carbons (Fsp3) is 0.333. The van der Waals surface area contributed by atoms with Gasteiger partial charge in [-0.3, -0.25) is 14.5 Å². The standard InChI is InChI=1S/C15H20BrN3O2/c1-4-7-17-14(20)9-19(3)10-15(21)18-13-6-5-12(16)8-11(13)2/h4-6,8H,1,7,9-10H2,2-3H3,(H,17,20)(H,18,21). The van der Waals surface area contributed by atoms with E-state index >= 15 is 0 Å². The molecule has 0 aliphatic carbocycles. The van der Waals surface area contributed by atoms with E-state index in [2.05, 4.69) is 33.1 Å². The minimum Gasteiger partial charge on any atom is -0.352 e. The summed E-state index contributed by atoms with van der Waals surface area (Å²) in [5, 5.41) is 5.50. The Morgan fingerprint density at radius 2 is 2.00 bits per heavy atom. The number of hydrogen-bond acceptors (Lipinski definition) is 3. The van der Waals surface area contributed by atoms with Crippen LogP contribution < -0.4 is 10.6 Å². The number of hydrogen-bond donors (Lipinski definition) is 2. The highest BCUT2D eigenvalue weighted by Crippen LogP contribution is 2.19. The van der Waals surface area contributed by atoms with Gasteiger partial charge < -0.3 is 10.6 Å². The molecule has 2 amide bonds. The number of likely N-dealkylation sites (N-methyl/N-ethyl adjacent to an activating group) is 1. The molecule has 0 saturated carbocycles. The van der Waals surface area contributed by atoms with Gasteiger partial charge in [-0.1, -0.05) is 22.0 Å². The summed E-state index contributed by atoms with van der Waals surface area (Å²) in [6.45, 7) is 6.19. The molecule has 0 heterocycles. The SMILES string of the molecule is C=CCNC(=O)CN(C)CC(=O)Nc1ccc(Br)cc1C. The fourth-order valence-electron chi connectivity index (χ4n) is 1.75. The van der Waals surface area contributed by atoms with Gasteiger partial charge in [-0.25, -0.2) is 0 Å². The van der Waals surface area contributed by atoms with E-state index in [9.17, 15) is 9.59 Å². The molecule has 1 aromatic rings. The smallest absolute Gasteiger partial charge is 0.238 e.